The van der Waals surface area contributed by atoms with Gasteiger partial charge in [-0.1, -0.05) is 23.8 Å². The molecule has 1 atom stereocenters. The average molecular weight is 280 g/mol. The van der Waals surface area contributed by atoms with E-state index in [1.165, 1.54) is 0 Å². The number of aliphatic hydroxyl groups excluding tert-OH is 1. The molecule has 0 amide bonds. The first-order chi connectivity index (χ1) is 9.38. The van der Waals surface area contributed by atoms with Crippen LogP contribution in [0, 0.1) is 31.3 Å². The normalized spacial score (nSPS) is 12.5. The summed E-state index contributed by atoms with van der Waals surface area (Å²) in [5.41, 5.74) is 2.24. The molecule has 1 unspecified atom stereocenters. The number of hydrogen-bond acceptors (Lipinski definition) is 1. The van der Waals surface area contributed by atoms with Gasteiger partial charge in [0.1, 0.15) is 17.5 Å². The van der Waals surface area contributed by atoms with Gasteiger partial charge in [0.2, 0.25) is 0 Å². The van der Waals surface area contributed by atoms with Crippen LogP contribution in [0.15, 0.2) is 30.3 Å². The fourth-order valence-corrected chi connectivity index (χ4v) is 2.20. The summed E-state index contributed by atoms with van der Waals surface area (Å²) in [6.45, 7) is 3.76. The summed E-state index contributed by atoms with van der Waals surface area (Å²) in [6, 6.07) is 6.81. The summed E-state index contributed by atoms with van der Waals surface area (Å²) in [7, 11) is 0. The zero-order valence-corrected chi connectivity index (χ0v) is 11.3. The minimum atomic E-state index is -1.35. The number of halogens is 3. The highest BCUT2D eigenvalue weighted by molar-refractivity contribution is 5.33. The van der Waals surface area contributed by atoms with E-state index in [1.54, 1.807) is 0 Å². The van der Waals surface area contributed by atoms with E-state index in [4.69, 9.17) is 0 Å². The van der Waals surface area contributed by atoms with Gasteiger partial charge in [0.15, 0.2) is 0 Å². The molecule has 0 fully saturated rings. The Morgan fingerprint density at radius 3 is 2.20 bits per heavy atom. The molecule has 2 rings (SSSR count). The Bertz CT molecular complexity index is 615. The predicted molar refractivity (Wildman–Crippen MR) is 70.9 cm³/mol. The van der Waals surface area contributed by atoms with Crippen LogP contribution in [-0.4, -0.2) is 5.11 Å². The van der Waals surface area contributed by atoms with Crippen molar-refractivity contribution in [3.8, 4) is 0 Å². The predicted octanol–water partition coefficient (Wildman–Crippen LogP) is 4.00. The van der Waals surface area contributed by atoms with Crippen molar-refractivity contribution in [2.45, 2.75) is 26.4 Å². The van der Waals surface area contributed by atoms with Crippen molar-refractivity contribution in [2.24, 2.45) is 0 Å². The van der Waals surface area contributed by atoms with Crippen LogP contribution in [0.2, 0.25) is 0 Å². The second-order valence-electron chi connectivity index (χ2n) is 4.93. The van der Waals surface area contributed by atoms with E-state index >= 15 is 0 Å². The second-order valence-corrected chi connectivity index (χ2v) is 4.93. The third-order valence-corrected chi connectivity index (χ3v) is 3.29. The van der Waals surface area contributed by atoms with Crippen LogP contribution < -0.4 is 0 Å². The molecule has 0 spiro atoms. The van der Waals surface area contributed by atoms with Gasteiger partial charge in [0, 0.05) is 18.6 Å². The summed E-state index contributed by atoms with van der Waals surface area (Å²) >= 11 is 0. The molecule has 1 nitrogen and oxygen atoms in total. The molecular formula is C16H15F3O. The number of aryl methyl sites for hydroxylation is 2. The van der Waals surface area contributed by atoms with Gasteiger partial charge in [-0.25, -0.2) is 13.2 Å². The highest BCUT2D eigenvalue weighted by Gasteiger charge is 2.20. The maximum Gasteiger partial charge on any atom is 0.134 e. The fourth-order valence-electron chi connectivity index (χ4n) is 2.20. The first-order valence-corrected chi connectivity index (χ1v) is 6.27. The lowest BCUT2D eigenvalue weighted by Gasteiger charge is -2.15. The molecule has 4 heteroatoms. The van der Waals surface area contributed by atoms with Crippen molar-refractivity contribution in [3.63, 3.8) is 0 Å². The molecule has 1 N–H and O–H groups in total. The highest BCUT2D eigenvalue weighted by Crippen LogP contribution is 2.26. The van der Waals surface area contributed by atoms with Crippen LogP contribution >= 0.6 is 0 Å². The third-order valence-electron chi connectivity index (χ3n) is 3.29. The molecule has 0 saturated carbocycles. The van der Waals surface area contributed by atoms with Crippen LogP contribution in [0.4, 0.5) is 13.2 Å². The monoisotopic (exact) mass is 280 g/mol. The molecule has 2 aromatic carbocycles. The van der Waals surface area contributed by atoms with Crippen LogP contribution in [0.25, 0.3) is 0 Å². The van der Waals surface area contributed by atoms with E-state index < -0.39 is 29.1 Å². The Balaban J connectivity index is 2.33. The molecule has 20 heavy (non-hydrogen) atoms. The van der Waals surface area contributed by atoms with E-state index in [1.807, 2.05) is 32.0 Å². The molecule has 0 aliphatic carbocycles. The van der Waals surface area contributed by atoms with Gasteiger partial charge in [0.25, 0.3) is 0 Å². The molecule has 0 saturated heterocycles. The summed E-state index contributed by atoms with van der Waals surface area (Å²) in [5, 5.41) is 10.0. The summed E-state index contributed by atoms with van der Waals surface area (Å²) in [5.74, 6) is -3.14. The summed E-state index contributed by atoms with van der Waals surface area (Å²) in [4.78, 5) is 0. The van der Waals surface area contributed by atoms with Crippen molar-refractivity contribution < 1.29 is 18.3 Å². The van der Waals surface area contributed by atoms with Crippen molar-refractivity contribution in [1.29, 1.82) is 0 Å². The zero-order valence-electron chi connectivity index (χ0n) is 11.3. The fraction of sp³-hybridized carbons (Fsp3) is 0.250. The van der Waals surface area contributed by atoms with Crippen molar-refractivity contribution >= 4 is 0 Å². The van der Waals surface area contributed by atoms with E-state index in [2.05, 4.69) is 0 Å². The van der Waals surface area contributed by atoms with E-state index in [9.17, 15) is 18.3 Å². The molecule has 0 radical (unpaired) electrons. The van der Waals surface area contributed by atoms with Crippen molar-refractivity contribution in [2.75, 3.05) is 0 Å². The topological polar surface area (TPSA) is 20.2 Å². The van der Waals surface area contributed by atoms with Gasteiger partial charge < -0.3 is 5.11 Å². The van der Waals surface area contributed by atoms with Crippen LogP contribution in [0.1, 0.15) is 28.4 Å². The lowest BCUT2D eigenvalue weighted by atomic mass is 9.96. The largest absolute Gasteiger partial charge is 0.388 e. The van der Waals surface area contributed by atoms with Gasteiger partial charge in [-0.3, -0.25) is 0 Å². The summed E-state index contributed by atoms with van der Waals surface area (Å²) in [6.07, 6.45) is -1.27. The van der Waals surface area contributed by atoms with E-state index in [-0.39, 0.29) is 6.42 Å². The van der Waals surface area contributed by atoms with Crippen LogP contribution in [-0.2, 0) is 6.42 Å². The van der Waals surface area contributed by atoms with Gasteiger partial charge in [-0.05, 0) is 25.0 Å². The van der Waals surface area contributed by atoms with Crippen LogP contribution in [0.3, 0.4) is 0 Å². The number of aliphatic hydroxyl groups is 1. The first-order valence-electron chi connectivity index (χ1n) is 6.27. The van der Waals surface area contributed by atoms with E-state index in [0.717, 1.165) is 16.7 Å². The zero-order chi connectivity index (χ0) is 14.9. The molecular weight excluding hydrogens is 265 g/mol. The minimum absolute atomic E-state index is 0.0764. The molecule has 0 aliphatic heterocycles. The minimum Gasteiger partial charge on any atom is -0.388 e. The Labute approximate surface area is 115 Å². The van der Waals surface area contributed by atoms with Gasteiger partial charge in [-0.15, -0.1) is 0 Å². The maximum absolute atomic E-state index is 13.6. The molecule has 0 aromatic heterocycles. The van der Waals surface area contributed by atoms with Crippen molar-refractivity contribution in [3.05, 3.63) is 70.0 Å². The van der Waals surface area contributed by atoms with Gasteiger partial charge in [0.05, 0.1) is 11.7 Å². The Morgan fingerprint density at radius 1 is 1.00 bits per heavy atom. The molecule has 0 heterocycles. The summed E-state index contributed by atoms with van der Waals surface area (Å²) < 4.78 is 40.1. The number of hydrogen-bond donors (Lipinski definition) is 1. The SMILES string of the molecule is Cc1ccc(C)c(CC(O)c2c(F)cc(F)cc2F)c1. The van der Waals surface area contributed by atoms with Crippen LogP contribution in [0.5, 0.6) is 0 Å². The molecule has 0 aliphatic rings. The Kier molecular flexibility index (Phi) is 4.14. The second kappa shape index (κ2) is 5.67. The molecule has 106 valence electrons. The molecule has 0 bridgehead atoms. The maximum atomic E-state index is 13.6. The third kappa shape index (κ3) is 3.02. The lowest BCUT2D eigenvalue weighted by molar-refractivity contribution is 0.168. The van der Waals surface area contributed by atoms with Crippen molar-refractivity contribution in [1.82, 2.24) is 0 Å². The highest BCUT2D eigenvalue weighted by atomic mass is 19.1. The number of benzene rings is 2. The standard InChI is InChI=1S/C16H15F3O/c1-9-3-4-10(2)11(5-9)6-15(20)16-13(18)7-12(17)8-14(16)19/h3-5,7-8,15,20H,6H2,1-2H3. The first kappa shape index (κ1) is 14.6. The Morgan fingerprint density at radius 2 is 1.60 bits per heavy atom. The number of rotatable bonds is 3. The Hall–Kier alpha value is -1.81. The van der Waals surface area contributed by atoms with E-state index in [0.29, 0.717) is 12.1 Å². The smallest absolute Gasteiger partial charge is 0.134 e. The quantitative estimate of drug-likeness (QED) is 0.901. The average Bonchev–Trinajstić information content (AvgIpc) is 2.32. The molecule has 2 aromatic rings. The van der Waals surface area contributed by atoms with Gasteiger partial charge >= 0.3 is 0 Å². The lowest BCUT2D eigenvalue weighted by Crippen LogP contribution is -2.09. The van der Waals surface area contributed by atoms with Gasteiger partial charge in [-0.2, -0.15) is 0 Å².